The molecule has 0 aliphatic rings. The smallest absolute Gasteiger partial charge is 0.202 e. The summed E-state index contributed by atoms with van der Waals surface area (Å²) in [5, 5.41) is 4.16. The van der Waals surface area contributed by atoms with Crippen LogP contribution in [0.15, 0.2) is 72.0 Å². The van der Waals surface area contributed by atoms with Gasteiger partial charge in [0.05, 0.1) is 6.33 Å². The zero-order chi connectivity index (χ0) is 16.2. The maximum absolute atomic E-state index is 5.51. The second kappa shape index (κ2) is 6.54. The number of nitrogens with zero attached hydrogens (tertiary/aromatic N) is 5. The minimum atomic E-state index is 0.682. The third-order valence-corrected chi connectivity index (χ3v) is 3.89. The van der Waals surface area contributed by atoms with Crippen LogP contribution in [0, 0.1) is 0 Å². The Labute approximate surface area is 139 Å². The van der Waals surface area contributed by atoms with E-state index < -0.39 is 0 Å². The number of hydrogen-bond donors (Lipinski definition) is 0. The van der Waals surface area contributed by atoms with Crippen molar-refractivity contribution >= 4 is 0 Å². The van der Waals surface area contributed by atoms with Crippen LogP contribution in [0.25, 0.3) is 22.8 Å². The van der Waals surface area contributed by atoms with E-state index in [2.05, 4.69) is 24.3 Å². The van der Waals surface area contributed by atoms with Crippen LogP contribution in [0.4, 0.5) is 0 Å². The molecule has 0 atom stereocenters. The minimum absolute atomic E-state index is 0.682. The molecule has 0 bridgehead atoms. The standard InChI is InChI=1S/C18H17N5O/c1-2-5-15(6-3-1)16-13-17(24-21-16)18-20-8-12-23(18)10-4-9-22-11-7-19-14-22/h1-3,5-8,11-14H,4,9-10H2. The fourth-order valence-corrected chi connectivity index (χ4v) is 2.68. The number of benzene rings is 1. The van der Waals surface area contributed by atoms with Gasteiger partial charge in [-0.3, -0.25) is 0 Å². The second-order valence-electron chi connectivity index (χ2n) is 5.54. The highest BCUT2D eigenvalue weighted by atomic mass is 16.5. The van der Waals surface area contributed by atoms with Crippen molar-refractivity contribution in [1.29, 1.82) is 0 Å². The molecule has 6 heteroatoms. The van der Waals surface area contributed by atoms with Crippen molar-refractivity contribution in [3.05, 3.63) is 67.5 Å². The Balaban J connectivity index is 1.49. The summed E-state index contributed by atoms with van der Waals surface area (Å²) in [7, 11) is 0. The van der Waals surface area contributed by atoms with E-state index in [0.717, 1.165) is 36.6 Å². The van der Waals surface area contributed by atoms with Gasteiger partial charge in [0.2, 0.25) is 5.76 Å². The molecule has 0 aliphatic heterocycles. The molecule has 4 rings (SSSR count). The summed E-state index contributed by atoms with van der Waals surface area (Å²) in [4.78, 5) is 8.47. The average Bonchev–Trinajstić information content (AvgIpc) is 3.37. The van der Waals surface area contributed by atoms with Gasteiger partial charge in [0.1, 0.15) is 5.69 Å². The topological polar surface area (TPSA) is 61.7 Å². The number of hydrogen-bond acceptors (Lipinski definition) is 4. The lowest BCUT2D eigenvalue weighted by atomic mass is 10.1. The van der Waals surface area contributed by atoms with Crippen LogP contribution in [0.5, 0.6) is 0 Å². The van der Waals surface area contributed by atoms with Crippen LogP contribution in [0.1, 0.15) is 6.42 Å². The largest absolute Gasteiger partial charge is 0.352 e. The molecular weight excluding hydrogens is 302 g/mol. The van der Waals surface area contributed by atoms with Crippen LogP contribution < -0.4 is 0 Å². The molecule has 0 spiro atoms. The fraction of sp³-hybridized carbons (Fsp3) is 0.167. The fourth-order valence-electron chi connectivity index (χ4n) is 2.68. The van der Waals surface area contributed by atoms with E-state index in [4.69, 9.17) is 4.52 Å². The maximum atomic E-state index is 5.51. The molecule has 0 saturated heterocycles. The molecule has 3 aromatic heterocycles. The van der Waals surface area contributed by atoms with E-state index in [1.54, 1.807) is 12.4 Å². The van der Waals surface area contributed by atoms with Crippen molar-refractivity contribution in [3.63, 3.8) is 0 Å². The first kappa shape index (κ1) is 14.4. The predicted octanol–water partition coefficient (Wildman–Crippen LogP) is 3.49. The van der Waals surface area contributed by atoms with Crippen molar-refractivity contribution in [2.75, 3.05) is 0 Å². The summed E-state index contributed by atoms with van der Waals surface area (Å²) in [6.07, 6.45) is 10.3. The summed E-state index contributed by atoms with van der Waals surface area (Å²) in [6, 6.07) is 11.9. The molecule has 0 N–H and O–H groups in total. The second-order valence-corrected chi connectivity index (χ2v) is 5.54. The normalized spacial score (nSPS) is 11.0. The van der Waals surface area contributed by atoms with Crippen LogP contribution in [-0.2, 0) is 13.1 Å². The van der Waals surface area contributed by atoms with Gasteiger partial charge in [-0.2, -0.15) is 0 Å². The van der Waals surface area contributed by atoms with Gasteiger partial charge in [0.15, 0.2) is 5.82 Å². The number of aromatic nitrogens is 5. The molecule has 0 aliphatic carbocycles. The molecule has 120 valence electrons. The van der Waals surface area contributed by atoms with Gasteiger partial charge >= 0.3 is 0 Å². The van der Waals surface area contributed by atoms with Gasteiger partial charge in [0, 0.05) is 49.5 Å². The summed E-state index contributed by atoms with van der Waals surface area (Å²) < 4.78 is 9.67. The average molecular weight is 319 g/mol. The van der Waals surface area contributed by atoms with Gasteiger partial charge in [-0.1, -0.05) is 35.5 Å². The Morgan fingerprint density at radius 1 is 1.00 bits per heavy atom. The third kappa shape index (κ3) is 2.99. The molecule has 0 radical (unpaired) electrons. The van der Waals surface area contributed by atoms with E-state index >= 15 is 0 Å². The maximum Gasteiger partial charge on any atom is 0.202 e. The Hall–Kier alpha value is -3.15. The Kier molecular flexibility index (Phi) is 3.93. The highest BCUT2D eigenvalue weighted by molar-refractivity contribution is 5.63. The van der Waals surface area contributed by atoms with Crippen LogP contribution in [0.3, 0.4) is 0 Å². The number of rotatable bonds is 6. The predicted molar refractivity (Wildman–Crippen MR) is 90.0 cm³/mol. The molecule has 0 amide bonds. The Morgan fingerprint density at radius 2 is 1.92 bits per heavy atom. The van der Waals surface area contributed by atoms with Crippen molar-refractivity contribution in [1.82, 2.24) is 24.3 Å². The first-order valence-electron chi connectivity index (χ1n) is 7.89. The van der Waals surface area contributed by atoms with Gasteiger partial charge in [-0.15, -0.1) is 0 Å². The zero-order valence-corrected chi connectivity index (χ0v) is 13.1. The van der Waals surface area contributed by atoms with E-state index in [1.807, 2.05) is 55.1 Å². The van der Waals surface area contributed by atoms with Gasteiger partial charge in [-0.05, 0) is 6.42 Å². The molecule has 3 heterocycles. The molecule has 24 heavy (non-hydrogen) atoms. The van der Waals surface area contributed by atoms with Gasteiger partial charge in [0.25, 0.3) is 0 Å². The van der Waals surface area contributed by atoms with Crippen molar-refractivity contribution in [2.45, 2.75) is 19.5 Å². The van der Waals surface area contributed by atoms with Crippen molar-refractivity contribution in [3.8, 4) is 22.8 Å². The monoisotopic (exact) mass is 319 g/mol. The molecule has 6 nitrogen and oxygen atoms in total. The van der Waals surface area contributed by atoms with Crippen LogP contribution in [0.2, 0.25) is 0 Å². The highest BCUT2D eigenvalue weighted by Crippen LogP contribution is 2.25. The third-order valence-electron chi connectivity index (χ3n) is 3.89. The lowest BCUT2D eigenvalue weighted by Crippen LogP contribution is -2.03. The summed E-state index contributed by atoms with van der Waals surface area (Å²) in [6.45, 7) is 1.78. The highest BCUT2D eigenvalue weighted by Gasteiger charge is 2.13. The Morgan fingerprint density at radius 3 is 2.75 bits per heavy atom. The van der Waals surface area contributed by atoms with E-state index in [1.165, 1.54) is 0 Å². The van der Waals surface area contributed by atoms with Crippen molar-refractivity contribution < 1.29 is 4.52 Å². The SMILES string of the molecule is c1ccc(-c2cc(-c3nccn3CCCn3ccnc3)on2)cc1. The summed E-state index contributed by atoms with van der Waals surface area (Å²) in [5.74, 6) is 1.48. The van der Waals surface area contributed by atoms with Gasteiger partial charge < -0.3 is 13.7 Å². The zero-order valence-electron chi connectivity index (χ0n) is 13.1. The molecular formula is C18H17N5O. The lowest BCUT2D eigenvalue weighted by molar-refractivity contribution is 0.428. The molecule has 1 aromatic carbocycles. The molecule has 0 fully saturated rings. The first-order chi connectivity index (χ1) is 11.9. The minimum Gasteiger partial charge on any atom is -0.352 e. The number of imidazole rings is 2. The molecule has 0 unspecified atom stereocenters. The van der Waals surface area contributed by atoms with E-state index in [-0.39, 0.29) is 0 Å². The summed E-state index contributed by atoms with van der Waals surface area (Å²) in [5.41, 5.74) is 1.85. The number of aryl methyl sites for hydroxylation is 2. The molecule has 4 aromatic rings. The van der Waals surface area contributed by atoms with Gasteiger partial charge in [-0.25, -0.2) is 9.97 Å². The lowest BCUT2D eigenvalue weighted by Gasteiger charge is -2.06. The Bertz CT molecular complexity index is 893. The van der Waals surface area contributed by atoms with Crippen molar-refractivity contribution in [2.24, 2.45) is 0 Å². The van der Waals surface area contributed by atoms with Crippen LogP contribution >= 0.6 is 0 Å². The molecule has 0 saturated carbocycles. The summed E-state index contributed by atoms with van der Waals surface area (Å²) >= 11 is 0. The first-order valence-corrected chi connectivity index (χ1v) is 7.89. The van der Waals surface area contributed by atoms with Crippen LogP contribution in [-0.4, -0.2) is 24.3 Å². The van der Waals surface area contributed by atoms with E-state index in [0.29, 0.717) is 5.76 Å². The quantitative estimate of drug-likeness (QED) is 0.546. The van der Waals surface area contributed by atoms with E-state index in [9.17, 15) is 0 Å².